The van der Waals surface area contributed by atoms with Gasteiger partial charge in [-0.3, -0.25) is 9.67 Å². The molecule has 0 amide bonds. The van der Waals surface area contributed by atoms with Crippen LogP contribution in [0.15, 0.2) is 41.0 Å². The summed E-state index contributed by atoms with van der Waals surface area (Å²) in [6, 6.07) is 3.54. The van der Waals surface area contributed by atoms with Crippen molar-refractivity contribution in [3.8, 4) is 0 Å². The molecule has 3 aromatic heterocycles. The summed E-state index contributed by atoms with van der Waals surface area (Å²) in [6.07, 6.45) is 6.51. The molecular weight excluding hydrogens is 334 g/mol. The monoisotopic (exact) mass is 349 g/mol. The summed E-state index contributed by atoms with van der Waals surface area (Å²) in [5.41, 5.74) is 0.825. The zero-order valence-electron chi connectivity index (χ0n) is 12.2. The van der Waals surface area contributed by atoms with E-state index in [1.54, 1.807) is 16.9 Å². The largest absolute Gasteiger partial charge is 0.254 e. The van der Waals surface area contributed by atoms with Gasteiger partial charge in [0.15, 0.2) is 0 Å². The molecule has 1 saturated carbocycles. The van der Waals surface area contributed by atoms with Crippen LogP contribution in [0.4, 0.5) is 0 Å². The van der Waals surface area contributed by atoms with Gasteiger partial charge in [-0.1, -0.05) is 5.21 Å². The maximum Gasteiger partial charge on any atom is 0.242 e. The molecule has 23 heavy (non-hydrogen) atoms. The minimum Gasteiger partial charge on any atom is -0.254 e. The molecule has 0 spiro atoms. The molecule has 0 atom stereocenters. The third-order valence-electron chi connectivity index (χ3n) is 4.06. The third-order valence-corrected chi connectivity index (χ3v) is 6.40. The van der Waals surface area contributed by atoms with E-state index in [1.165, 1.54) is 17.5 Å². The third kappa shape index (κ3) is 2.99. The van der Waals surface area contributed by atoms with Crippen LogP contribution in [-0.2, 0) is 16.6 Å². The molecule has 0 radical (unpaired) electrons. The van der Waals surface area contributed by atoms with Crippen LogP contribution in [0.25, 0.3) is 10.2 Å². The number of hydrogen-bond acceptors (Lipinski definition) is 6. The van der Waals surface area contributed by atoms with Crippen LogP contribution >= 0.6 is 11.3 Å². The van der Waals surface area contributed by atoms with Crippen LogP contribution in [0.5, 0.6) is 0 Å². The van der Waals surface area contributed by atoms with E-state index in [4.69, 9.17) is 0 Å². The van der Waals surface area contributed by atoms with Crippen LogP contribution in [0.3, 0.4) is 0 Å². The second-order valence-electron chi connectivity index (χ2n) is 5.76. The molecule has 9 heteroatoms. The molecule has 0 aromatic carbocycles. The lowest BCUT2D eigenvalue weighted by Crippen LogP contribution is -2.45. The maximum absolute atomic E-state index is 12.5. The molecule has 1 aliphatic rings. The smallest absolute Gasteiger partial charge is 0.242 e. The fraction of sp³-hybridized carbons (Fsp3) is 0.357. The Morgan fingerprint density at radius 3 is 3.04 bits per heavy atom. The summed E-state index contributed by atoms with van der Waals surface area (Å²) < 4.78 is 30.3. The van der Waals surface area contributed by atoms with Gasteiger partial charge in [-0.2, -0.15) is 0 Å². The highest BCUT2D eigenvalue weighted by atomic mass is 32.2. The number of fused-ring (bicyclic) bond motifs is 1. The summed E-state index contributed by atoms with van der Waals surface area (Å²) >= 11 is 1.49. The zero-order valence-corrected chi connectivity index (χ0v) is 13.8. The molecule has 0 unspecified atom stereocenters. The van der Waals surface area contributed by atoms with E-state index in [2.05, 4.69) is 20.0 Å². The Morgan fingerprint density at radius 1 is 1.39 bits per heavy atom. The van der Waals surface area contributed by atoms with Gasteiger partial charge in [0.25, 0.3) is 0 Å². The Labute approximate surface area is 137 Å². The summed E-state index contributed by atoms with van der Waals surface area (Å²) in [5, 5.41) is 9.60. The maximum atomic E-state index is 12.5. The minimum absolute atomic E-state index is 0.0208. The molecule has 1 N–H and O–H groups in total. The molecule has 120 valence electrons. The molecule has 0 bridgehead atoms. The van der Waals surface area contributed by atoms with Crippen molar-refractivity contribution < 1.29 is 8.42 Å². The first-order valence-corrected chi connectivity index (χ1v) is 9.66. The zero-order chi connectivity index (χ0) is 15.9. The Balaban J connectivity index is 1.40. The van der Waals surface area contributed by atoms with E-state index >= 15 is 0 Å². The predicted molar refractivity (Wildman–Crippen MR) is 86.5 cm³/mol. The standard InChI is InChI=1S/C14H15N5O2S2/c20-23(21,12-7-14-13(15-8-12)1-4-22-14)17-11-5-10(6-11)9-19-3-2-16-18-19/h1-4,7-8,10-11,17H,5-6,9H2. The van der Waals surface area contributed by atoms with E-state index in [9.17, 15) is 8.42 Å². The number of aromatic nitrogens is 4. The Kier molecular flexibility index (Phi) is 3.63. The average molecular weight is 349 g/mol. The van der Waals surface area contributed by atoms with Gasteiger partial charge in [-0.25, -0.2) is 13.1 Å². The van der Waals surface area contributed by atoms with Crippen molar-refractivity contribution in [3.63, 3.8) is 0 Å². The van der Waals surface area contributed by atoms with Gasteiger partial charge in [-0.05, 0) is 36.3 Å². The molecule has 4 rings (SSSR count). The topological polar surface area (TPSA) is 89.8 Å². The normalized spacial score (nSPS) is 21.4. The van der Waals surface area contributed by atoms with Gasteiger partial charge in [0.2, 0.25) is 10.0 Å². The first-order valence-electron chi connectivity index (χ1n) is 7.30. The lowest BCUT2D eigenvalue weighted by molar-refractivity contribution is 0.212. The lowest BCUT2D eigenvalue weighted by Gasteiger charge is -2.35. The van der Waals surface area contributed by atoms with Crippen LogP contribution in [0, 0.1) is 5.92 Å². The van der Waals surface area contributed by atoms with Crippen molar-refractivity contribution in [2.45, 2.75) is 30.3 Å². The van der Waals surface area contributed by atoms with Gasteiger partial charge < -0.3 is 0 Å². The number of nitrogens with one attached hydrogen (secondary N) is 1. The number of thiophene rings is 1. The predicted octanol–water partition coefficient (Wildman–Crippen LogP) is 1.64. The molecule has 3 heterocycles. The minimum atomic E-state index is -3.52. The first kappa shape index (κ1) is 14.7. The Hall–Kier alpha value is -1.84. The van der Waals surface area contributed by atoms with Crippen molar-refractivity contribution in [1.82, 2.24) is 24.7 Å². The molecule has 0 aliphatic heterocycles. The second kappa shape index (κ2) is 5.66. The van der Waals surface area contributed by atoms with Crippen molar-refractivity contribution in [2.24, 2.45) is 5.92 Å². The quantitative estimate of drug-likeness (QED) is 0.756. The van der Waals surface area contributed by atoms with E-state index in [-0.39, 0.29) is 10.9 Å². The number of hydrogen-bond donors (Lipinski definition) is 1. The van der Waals surface area contributed by atoms with Crippen LogP contribution < -0.4 is 4.72 Å². The Morgan fingerprint density at radius 2 is 2.26 bits per heavy atom. The fourth-order valence-corrected chi connectivity index (χ4v) is 4.93. The van der Waals surface area contributed by atoms with Gasteiger partial charge in [0.05, 0.1) is 16.4 Å². The Bertz CT molecular complexity index is 914. The van der Waals surface area contributed by atoms with Gasteiger partial charge in [-0.15, -0.1) is 16.4 Å². The number of sulfonamides is 1. The number of nitrogens with zero attached hydrogens (tertiary/aromatic N) is 4. The number of rotatable bonds is 5. The highest BCUT2D eigenvalue weighted by Gasteiger charge is 2.33. The highest BCUT2D eigenvalue weighted by molar-refractivity contribution is 7.89. The van der Waals surface area contributed by atoms with E-state index < -0.39 is 10.0 Å². The van der Waals surface area contributed by atoms with E-state index in [1.807, 2.05) is 17.6 Å². The molecular formula is C14H15N5O2S2. The SMILES string of the molecule is O=S(=O)(NC1CC(Cn2ccnn2)C1)c1cnc2ccsc2c1. The van der Waals surface area contributed by atoms with E-state index in [0.29, 0.717) is 5.92 Å². The van der Waals surface area contributed by atoms with Crippen molar-refractivity contribution in [3.05, 3.63) is 36.1 Å². The van der Waals surface area contributed by atoms with Crippen molar-refractivity contribution in [2.75, 3.05) is 0 Å². The van der Waals surface area contributed by atoms with Crippen LogP contribution in [0.1, 0.15) is 12.8 Å². The van der Waals surface area contributed by atoms with Crippen molar-refractivity contribution >= 4 is 31.6 Å². The average Bonchev–Trinajstić information content (AvgIpc) is 3.15. The molecule has 1 aliphatic carbocycles. The summed E-state index contributed by atoms with van der Waals surface area (Å²) in [6.45, 7) is 0.779. The van der Waals surface area contributed by atoms with Gasteiger partial charge in [0, 0.05) is 25.0 Å². The lowest BCUT2D eigenvalue weighted by atomic mass is 9.81. The van der Waals surface area contributed by atoms with E-state index in [0.717, 1.165) is 29.6 Å². The van der Waals surface area contributed by atoms with Crippen molar-refractivity contribution in [1.29, 1.82) is 0 Å². The second-order valence-corrected chi connectivity index (χ2v) is 8.42. The molecule has 1 fully saturated rings. The highest BCUT2D eigenvalue weighted by Crippen LogP contribution is 2.30. The molecule has 0 saturated heterocycles. The summed E-state index contributed by atoms with van der Waals surface area (Å²) in [4.78, 5) is 4.43. The van der Waals surface area contributed by atoms with Crippen LogP contribution in [-0.4, -0.2) is 34.4 Å². The fourth-order valence-electron chi connectivity index (χ4n) is 2.84. The molecule has 7 nitrogen and oxygen atoms in total. The van der Waals surface area contributed by atoms with Crippen LogP contribution in [0.2, 0.25) is 0 Å². The number of pyridine rings is 1. The van der Waals surface area contributed by atoms with Gasteiger partial charge >= 0.3 is 0 Å². The molecule has 3 aromatic rings. The first-order chi connectivity index (χ1) is 11.1. The summed E-state index contributed by atoms with van der Waals surface area (Å²) in [5.74, 6) is 0.433. The van der Waals surface area contributed by atoms with Gasteiger partial charge in [0.1, 0.15) is 4.90 Å². The summed E-state index contributed by atoms with van der Waals surface area (Å²) in [7, 11) is -3.52.